The first-order chi connectivity index (χ1) is 11.7. The summed E-state index contributed by atoms with van der Waals surface area (Å²) < 4.78 is 37.4. The number of likely N-dealkylation sites (tertiary alicyclic amines) is 1. The molecule has 2 rings (SSSR count). The molecule has 0 bridgehead atoms. The first kappa shape index (κ1) is 18.8. The SMILES string of the molecule is O=C(O)CN(Cc1ccccc1)C(=O)[C@H]1CC(=O)N(CC(F)(F)F)C1. The van der Waals surface area contributed by atoms with Crippen molar-refractivity contribution < 1.29 is 32.7 Å². The average molecular weight is 358 g/mol. The molecule has 1 heterocycles. The lowest BCUT2D eigenvalue weighted by Crippen LogP contribution is -2.41. The number of aliphatic carboxylic acids is 1. The van der Waals surface area contributed by atoms with E-state index in [2.05, 4.69) is 0 Å². The molecule has 2 amide bonds. The summed E-state index contributed by atoms with van der Waals surface area (Å²) in [4.78, 5) is 36.9. The van der Waals surface area contributed by atoms with Crippen molar-refractivity contribution in [1.82, 2.24) is 9.80 Å². The second-order valence-corrected chi connectivity index (χ2v) is 5.86. The van der Waals surface area contributed by atoms with Crippen molar-refractivity contribution in [2.24, 2.45) is 5.92 Å². The summed E-state index contributed by atoms with van der Waals surface area (Å²) in [5.41, 5.74) is 0.688. The lowest BCUT2D eigenvalue weighted by molar-refractivity contribution is -0.157. The van der Waals surface area contributed by atoms with E-state index in [1.807, 2.05) is 0 Å². The molecular formula is C16H17F3N2O4. The summed E-state index contributed by atoms with van der Waals surface area (Å²) in [6.07, 6.45) is -4.89. The maximum atomic E-state index is 12.5. The van der Waals surface area contributed by atoms with Gasteiger partial charge in [0.1, 0.15) is 13.1 Å². The maximum Gasteiger partial charge on any atom is 0.406 e. The lowest BCUT2D eigenvalue weighted by Gasteiger charge is -2.24. The van der Waals surface area contributed by atoms with Crippen molar-refractivity contribution in [3.05, 3.63) is 35.9 Å². The average Bonchev–Trinajstić information content (AvgIpc) is 2.85. The Labute approximate surface area is 141 Å². The number of carbonyl (C=O) groups excluding carboxylic acids is 2. The van der Waals surface area contributed by atoms with Crippen LogP contribution < -0.4 is 0 Å². The van der Waals surface area contributed by atoms with Gasteiger partial charge >= 0.3 is 12.1 Å². The Morgan fingerprint density at radius 2 is 1.88 bits per heavy atom. The van der Waals surface area contributed by atoms with Gasteiger partial charge in [-0.05, 0) is 5.56 Å². The van der Waals surface area contributed by atoms with Crippen molar-refractivity contribution in [2.45, 2.75) is 19.1 Å². The second-order valence-electron chi connectivity index (χ2n) is 5.86. The number of amides is 2. The topological polar surface area (TPSA) is 77.9 Å². The molecule has 1 N–H and O–H groups in total. The first-order valence-corrected chi connectivity index (χ1v) is 7.55. The lowest BCUT2D eigenvalue weighted by atomic mass is 10.1. The van der Waals surface area contributed by atoms with Gasteiger partial charge < -0.3 is 14.9 Å². The van der Waals surface area contributed by atoms with Gasteiger partial charge in [-0.15, -0.1) is 0 Å². The van der Waals surface area contributed by atoms with Crippen molar-refractivity contribution in [2.75, 3.05) is 19.6 Å². The molecule has 1 saturated heterocycles. The third-order valence-corrected chi connectivity index (χ3v) is 3.79. The fourth-order valence-corrected chi connectivity index (χ4v) is 2.74. The Morgan fingerprint density at radius 3 is 2.44 bits per heavy atom. The Kier molecular flexibility index (Phi) is 5.66. The van der Waals surface area contributed by atoms with Crippen LogP contribution in [0.4, 0.5) is 13.2 Å². The van der Waals surface area contributed by atoms with Crippen LogP contribution in [0.3, 0.4) is 0 Å². The normalized spacial score (nSPS) is 17.6. The van der Waals surface area contributed by atoms with E-state index in [1.54, 1.807) is 30.3 Å². The molecule has 1 atom stereocenters. The monoisotopic (exact) mass is 358 g/mol. The Hall–Kier alpha value is -2.58. The van der Waals surface area contributed by atoms with E-state index in [1.165, 1.54) is 0 Å². The molecule has 1 aromatic carbocycles. The van der Waals surface area contributed by atoms with Crippen molar-refractivity contribution >= 4 is 17.8 Å². The third kappa shape index (κ3) is 5.47. The highest BCUT2D eigenvalue weighted by atomic mass is 19.4. The van der Waals surface area contributed by atoms with Crippen LogP contribution in [0.15, 0.2) is 30.3 Å². The predicted molar refractivity (Wildman–Crippen MR) is 80.2 cm³/mol. The molecular weight excluding hydrogens is 341 g/mol. The van der Waals surface area contributed by atoms with E-state index in [-0.39, 0.29) is 19.5 Å². The van der Waals surface area contributed by atoms with E-state index in [0.717, 1.165) is 4.90 Å². The number of hydrogen-bond acceptors (Lipinski definition) is 3. The standard InChI is InChI=1S/C16H17F3N2O4/c17-16(18,19)10-21-8-12(6-13(21)22)15(25)20(9-14(23)24)7-11-4-2-1-3-5-11/h1-5,12H,6-10H2,(H,23,24)/t12-/m0/s1. The summed E-state index contributed by atoms with van der Waals surface area (Å²) in [6.45, 7) is -2.34. The molecule has 25 heavy (non-hydrogen) atoms. The number of rotatable bonds is 6. The van der Waals surface area contributed by atoms with Crippen LogP contribution >= 0.6 is 0 Å². The quantitative estimate of drug-likeness (QED) is 0.836. The zero-order chi connectivity index (χ0) is 18.6. The largest absolute Gasteiger partial charge is 0.480 e. The zero-order valence-corrected chi connectivity index (χ0v) is 13.2. The smallest absolute Gasteiger partial charge is 0.406 e. The van der Waals surface area contributed by atoms with E-state index in [4.69, 9.17) is 5.11 Å². The van der Waals surface area contributed by atoms with Crippen LogP contribution in [0.1, 0.15) is 12.0 Å². The summed E-state index contributed by atoms with van der Waals surface area (Å²) in [5, 5.41) is 8.99. The molecule has 1 fully saturated rings. The Bertz CT molecular complexity index is 649. The van der Waals surface area contributed by atoms with Gasteiger partial charge in [0.15, 0.2) is 0 Å². The molecule has 1 aromatic rings. The molecule has 1 aliphatic rings. The number of carboxylic acid groups (broad SMARTS) is 1. The van der Waals surface area contributed by atoms with Crippen LogP contribution in [0.25, 0.3) is 0 Å². The summed E-state index contributed by atoms with van der Waals surface area (Å²) in [5.74, 6) is -3.60. The summed E-state index contributed by atoms with van der Waals surface area (Å²) in [6, 6.07) is 8.62. The highest BCUT2D eigenvalue weighted by molar-refractivity contribution is 5.90. The number of hydrogen-bond donors (Lipinski definition) is 1. The molecule has 0 unspecified atom stereocenters. The van der Waals surface area contributed by atoms with E-state index < -0.39 is 43.0 Å². The molecule has 9 heteroatoms. The van der Waals surface area contributed by atoms with Gasteiger partial charge in [0.25, 0.3) is 0 Å². The van der Waals surface area contributed by atoms with Crippen LogP contribution in [0, 0.1) is 5.92 Å². The van der Waals surface area contributed by atoms with Crippen molar-refractivity contribution in [3.63, 3.8) is 0 Å². The number of nitrogens with zero attached hydrogens (tertiary/aromatic N) is 2. The summed E-state index contributed by atoms with van der Waals surface area (Å²) in [7, 11) is 0. The number of benzene rings is 1. The highest BCUT2D eigenvalue weighted by Gasteiger charge is 2.41. The van der Waals surface area contributed by atoms with Gasteiger partial charge in [0.2, 0.25) is 11.8 Å². The Morgan fingerprint density at radius 1 is 1.24 bits per heavy atom. The number of carbonyl (C=O) groups is 3. The van der Waals surface area contributed by atoms with E-state index >= 15 is 0 Å². The predicted octanol–water partition coefficient (Wildman–Crippen LogP) is 1.51. The van der Waals surface area contributed by atoms with E-state index in [9.17, 15) is 27.6 Å². The van der Waals surface area contributed by atoms with Gasteiger partial charge in [-0.1, -0.05) is 30.3 Å². The van der Waals surface area contributed by atoms with E-state index in [0.29, 0.717) is 10.5 Å². The van der Waals surface area contributed by atoms with Crippen LogP contribution in [-0.2, 0) is 20.9 Å². The molecule has 136 valence electrons. The fourth-order valence-electron chi connectivity index (χ4n) is 2.74. The minimum atomic E-state index is -4.54. The number of alkyl halides is 3. The molecule has 0 spiro atoms. The van der Waals surface area contributed by atoms with Gasteiger partial charge in [0.05, 0.1) is 5.92 Å². The molecule has 1 aliphatic heterocycles. The van der Waals surface area contributed by atoms with Gasteiger partial charge in [-0.25, -0.2) is 0 Å². The minimum absolute atomic E-state index is 0.00986. The Balaban J connectivity index is 2.08. The molecule has 0 saturated carbocycles. The molecule has 0 aromatic heterocycles. The van der Waals surface area contributed by atoms with Crippen molar-refractivity contribution in [3.8, 4) is 0 Å². The number of halogens is 3. The zero-order valence-electron chi connectivity index (χ0n) is 13.2. The molecule has 6 nitrogen and oxygen atoms in total. The van der Waals surface area contributed by atoms with Crippen LogP contribution in [0.5, 0.6) is 0 Å². The van der Waals surface area contributed by atoms with Gasteiger partial charge in [-0.2, -0.15) is 13.2 Å². The van der Waals surface area contributed by atoms with Gasteiger partial charge in [-0.3, -0.25) is 14.4 Å². The first-order valence-electron chi connectivity index (χ1n) is 7.55. The molecule has 0 aliphatic carbocycles. The highest BCUT2D eigenvalue weighted by Crippen LogP contribution is 2.25. The van der Waals surface area contributed by atoms with Crippen molar-refractivity contribution in [1.29, 1.82) is 0 Å². The van der Waals surface area contributed by atoms with Crippen LogP contribution in [-0.4, -0.2) is 58.5 Å². The second kappa shape index (κ2) is 7.54. The molecule has 0 radical (unpaired) electrons. The fraction of sp³-hybridized carbons (Fsp3) is 0.438. The van der Waals surface area contributed by atoms with Gasteiger partial charge in [0, 0.05) is 19.5 Å². The number of carboxylic acids is 1. The third-order valence-electron chi connectivity index (χ3n) is 3.79. The minimum Gasteiger partial charge on any atom is -0.480 e. The maximum absolute atomic E-state index is 12.5. The van der Waals surface area contributed by atoms with Crippen LogP contribution in [0.2, 0.25) is 0 Å². The summed E-state index contributed by atoms with van der Waals surface area (Å²) >= 11 is 0.